The molecule has 0 saturated heterocycles. The molecule has 1 rings (SSSR count). The standard InChI is InChI=1S/C12H15NO3/c1-3-15-12(14)7-5-9-16-11-6-4-8-13-10(11)2/h4-8H,3,9H2,1-2H3/b7-5+. The number of pyridine rings is 1. The summed E-state index contributed by atoms with van der Waals surface area (Å²) in [5.41, 5.74) is 0.826. The lowest BCUT2D eigenvalue weighted by Gasteiger charge is -2.04. The molecule has 0 N–H and O–H groups in total. The van der Waals surface area contributed by atoms with Crippen LogP contribution in [0, 0.1) is 6.92 Å². The lowest BCUT2D eigenvalue weighted by Crippen LogP contribution is -2.01. The quantitative estimate of drug-likeness (QED) is 0.562. The van der Waals surface area contributed by atoms with E-state index in [2.05, 4.69) is 4.98 Å². The number of carbonyl (C=O) groups excluding carboxylic acids is 1. The third-order valence-electron chi connectivity index (χ3n) is 1.83. The van der Waals surface area contributed by atoms with Crippen molar-refractivity contribution < 1.29 is 14.3 Å². The van der Waals surface area contributed by atoms with Crippen LogP contribution in [-0.2, 0) is 9.53 Å². The molecule has 1 aromatic heterocycles. The molecule has 0 atom stereocenters. The van der Waals surface area contributed by atoms with E-state index >= 15 is 0 Å². The molecule has 1 heterocycles. The summed E-state index contributed by atoms with van der Waals surface area (Å²) in [5, 5.41) is 0. The van der Waals surface area contributed by atoms with Crippen LogP contribution in [-0.4, -0.2) is 24.2 Å². The predicted octanol–water partition coefficient (Wildman–Crippen LogP) is 1.89. The summed E-state index contributed by atoms with van der Waals surface area (Å²) in [6.07, 6.45) is 4.68. The molecule has 4 nitrogen and oxygen atoms in total. The molecule has 0 aliphatic heterocycles. The van der Waals surface area contributed by atoms with Gasteiger partial charge < -0.3 is 9.47 Å². The van der Waals surface area contributed by atoms with E-state index < -0.39 is 0 Å². The van der Waals surface area contributed by atoms with Gasteiger partial charge in [0.25, 0.3) is 0 Å². The Morgan fingerprint density at radius 2 is 2.38 bits per heavy atom. The summed E-state index contributed by atoms with van der Waals surface area (Å²) in [5.74, 6) is 0.366. The van der Waals surface area contributed by atoms with Gasteiger partial charge in [0.1, 0.15) is 12.4 Å². The van der Waals surface area contributed by atoms with Crippen LogP contribution in [0.2, 0.25) is 0 Å². The summed E-state index contributed by atoms with van der Waals surface area (Å²) in [6.45, 7) is 4.34. The molecule has 0 fully saturated rings. The molecule has 0 radical (unpaired) electrons. The zero-order valence-corrected chi connectivity index (χ0v) is 9.47. The van der Waals surface area contributed by atoms with Crippen molar-refractivity contribution in [2.24, 2.45) is 0 Å². The molecule has 0 amide bonds. The maximum absolute atomic E-state index is 10.9. The van der Waals surface area contributed by atoms with Crippen molar-refractivity contribution in [3.8, 4) is 5.75 Å². The third kappa shape index (κ3) is 4.13. The molecule has 4 heteroatoms. The molecule has 0 aliphatic rings. The van der Waals surface area contributed by atoms with Crippen molar-refractivity contribution >= 4 is 5.97 Å². The third-order valence-corrected chi connectivity index (χ3v) is 1.83. The SMILES string of the molecule is CCOC(=O)/C=C/COc1cccnc1C. The fourth-order valence-corrected chi connectivity index (χ4v) is 1.09. The summed E-state index contributed by atoms with van der Waals surface area (Å²) in [4.78, 5) is 15.0. The van der Waals surface area contributed by atoms with Crippen LogP contribution in [0.15, 0.2) is 30.5 Å². The Labute approximate surface area is 94.9 Å². The van der Waals surface area contributed by atoms with E-state index in [1.807, 2.05) is 13.0 Å². The number of aryl methyl sites for hydroxylation is 1. The van der Waals surface area contributed by atoms with E-state index in [4.69, 9.17) is 9.47 Å². The van der Waals surface area contributed by atoms with Gasteiger partial charge in [0, 0.05) is 12.3 Å². The molecule has 86 valence electrons. The molecule has 16 heavy (non-hydrogen) atoms. The van der Waals surface area contributed by atoms with E-state index in [9.17, 15) is 4.79 Å². The normalized spacial score (nSPS) is 10.4. The number of nitrogens with zero attached hydrogens (tertiary/aromatic N) is 1. The van der Waals surface area contributed by atoms with Crippen molar-refractivity contribution in [3.05, 3.63) is 36.2 Å². The van der Waals surface area contributed by atoms with E-state index in [0.29, 0.717) is 13.2 Å². The molecule has 1 aromatic rings. The minimum Gasteiger partial charge on any atom is -0.488 e. The first kappa shape index (κ1) is 12.2. The first-order valence-electron chi connectivity index (χ1n) is 5.11. The van der Waals surface area contributed by atoms with Gasteiger partial charge >= 0.3 is 5.97 Å². The molecule has 0 spiro atoms. The fraction of sp³-hybridized carbons (Fsp3) is 0.333. The van der Waals surface area contributed by atoms with Crippen LogP contribution in [0.25, 0.3) is 0 Å². The second-order valence-electron chi connectivity index (χ2n) is 3.05. The van der Waals surface area contributed by atoms with Crippen LogP contribution in [0.1, 0.15) is 12.6 Å². The number of carbonyl (C=O) groups is 1. The van der Waals surface area contributed by atoms with Gasteiger partial charge in [-0.2, -0.15) is 0 Å². The minimum atomic E-state index is -0.353. The van der Waals surface area contributed by atoms with Crippen molar-refractivity contribution in [1.82, 2.24) is 4.98 Å². The van der Waals surface area contributed by atoms with Crippen molar-refractivity contribution in [1.29, 1.82) is 0 Å². The predicted molar refractivity (Wildman–Crippen MR) is 60.2 cm³/mol. The van der Waals surface area contributed by atoms with Gasteiger partial charge in [-0.15, -0.1) is 0 Å². The van der Waals surface area contributed by atoms with Crippen LogP contribution in [0.3, 0.4) is 0 Å². The Balaban J connectivity index is 2.36. The van der Waals surface area contributed by atoms with Crippen molar-refractivity contribution in [3.63, 3.8) is 0 Å². The Morgan fingerprint density at radius 3 is 3.06 bits per heavy atom. The average Bonchev–Trinajstić information content (AvgIpc) is 2.27. The number of esters is 1. The first-order chi connectivity index (χ1) is 7.74. The molecule has 0 saturated carbocycles. The van der Waals surface area contributed by atoms with Gasteiger partial charge in [-0.3, -0.25) is 4.98 Å². The summed E-state index contributed by atoms with van der Waals surface area (Å²) < 4.78 is 10.1. The van der Waals surface area contributed by atoms with Crippen LogP contribution < -0.4 is 4.74 Å². The van der Waals surface area contributed by atoms with E-state index in [0.717, 1.165) is 11.4 Å². The minimum absolute atomic E-state index is 0.325. The maximum Gasteiger partial charge on any atom is 0.330 e. The highest BCUT2D eigenvalue weighted by molar-refractivity contribution is 5.81. The van der Waals surface area contributed by atoms with Crippen LogP contribution in [0.4, 0.5) is 0 Å². The highest BCUT2D eigenvalue weighted by Crippen LogP contribution is 2.12. The zero-order valence-electron chi connectivity index (χ0n) is 9.47. The second kappa shape index (κ2) is 6.61. The number of aromatic nitrogens is 1. The Hall–Kier alpha value is -1.84. The van der Waals surface area contributed by atoms with E-state index in [-0.39, 0.29) is 5.97 Å². The fourth-order valence-electron chi connectivity index (χ4n) is 1.09. The highest BCUT2D eigenvalue weighted by atomic mass is 16.5. The number of hydrogen-bond donors (Lipinski definition) is 0. The van der Waals surface area contributed by atoms with Gasteiger partial charge in [0.15, 0.2) is 0 Å². The molecular weight excluding hydrogens is 206 g/mol. The lowest BCUT2D eigenvalue weighted by atomic mass is 10.3. The van der Waals surface area contributed by atoms with Gasteiger partial charge in [-0.25, -0.2) is 4.79 Å². The van der Waals surface area contributed by atoms with Gasteiger partial charge in [-0.05, 0) is 32.1 Å². The summed E-state index contributed by atoms with van der Waals surface area (Å²) in [6, 6.07) is 3.64. The molecule has 0 aromatic carbocycles. The van der Waals surface area contributed by atoms with Gasteiger partial charge in [-0.1, -0.05) is 0 Å². The molecule has 0 aliphatic carbocycles. The number of hydrogen-bond acceptors (Lipinski definition) is 4. The summed E-state index contributed by atoms with van der Waals surface area (Å²) in [7, 11) is 0. The Bertz CT molecular complexity index is 374. The zero-order chi connectivity index (χ0) is 11.8. The van der Waals surface area contributed by atoms with Gasteiger partial charge in [0.05, 0.1) is 12.3 Å². The highest BCUT2D eigenvalue weighted by Gasteiger charge is 1.97. The van der Waals surface area contributed by atoms with Crippen molar-refractivity contribution in [2.75, 3.05) is 13.2 Å². The molecule has 0 unspecified atom stereocenters. The monoisotopic (exact) mass is 221 g/mol. The Kier molecular flexibility index (Phi) is 5.05. The smallest absolute Gasteiger partial charge is 0.330 e. The van der Waals surface area contributed by atoms with E-state index in [1.54, 1.807) is 25.3 Å². The molecule has 0 bridgehead atoms. The average molecular weight is 221 g/mol. The van der Waals surface area contributed by atoms with Crippen LogP contribution >= 0.6 is 0 Å². The summed E-state index contributed by atoms with van der Waals surface area (Å²) >= 11 is 0. The largest absolute Gasteiger partial charge is 0.488 e. The van der Waals surface area contributed by atoms with E-state index in [1.165, 1.54) is 6.08 Å². The molecular formula is C12H15NO3. The first-order valence-corrected chi connectivity index (χ1v) is 5.11. The number of ether oxygens (including phenoxy) is 2. The van der Waals surface area contributed by atoms with Gasteiger partial charge in [0.2, 0.25) is 0 Å². The second-order valence-corrected chi connectivity index (χ2v) is 3.05. The number of rotatable bonds is 5. The Morgan fingerprint density at radius 1 is 1.56 bits per heavy atom. The van der Waals surface area contributed by atoms with Crippen molar-refractivity contribution in [2.45, 2.75) is 13.8 Å². The topological polar surface area (TPSA) is 48.4 Å². The maximum atomic E-state index is 10.9. The lowest BCUT2D eigenvalue weighted by molar-refractivity contribution is -0.137. The van der Waals surface area contributed by atoms with Crippen LogP contribution in [0.5, 0.6) is 5.75 Å².